The second-order valence-corrected chi connectivity index (χ2v) is 4.86. The van der Waals surface area contributed by atoms with E-state index in [1.54, 1.807) is 6.92 Å². The van der Waals surface area contributed by atoms with Crippen molar-refractivity contribution in [3.63, 3.8) is 0 Å². The first-order valence-electron chi connectivity index (χ1n) is 6.03. The van der Waals surface area contributed by atoms with Gasteiger partial charge < -0.3 is 4.74 Å². The molecule has 0 unspecified atom stereocenters. The van der Waals surface area contributed by atoms with E-state index in [-0.39, 0.29) is 16.1 Å². The van der Waals surface area contributed by atoms with Gasteiger partial charge in [-0.05, 0) is 26.0 Å². The van der Waals surface area contributed by atoms with E-state index in [0.29, 0.717) is 11.4 Å². The quantitative estimate of drug-likeness (QED) is 0.799. The van der Waals surface area contributed by atoms with Crippen molar-refractivity contribution in [1.82, 2.24) is 4.57 Å². The Morgan fingerprint density at radius 2 is 1.80 bits per heavy atom. The number of carbonyl (C=O) groups is 1. The van der Waals surface area contributed by atoms with Crippen molar-refractivity contribution in [2.45, 2.75) is 13.8 Å². The molecule has 0 saturated carbocycles. The number of aromatic nitrogens is 1. The number of benzene rings is 1. The van der Waals surface area contributed by atoms with E-state index >= 15 is 0 Å². The highest BCUT2D eigenvalue weighted by Crippen LogP contribution is 2.21. The van der Waals surface area contributed by atoms with Crippen LogP contribution in [0.15, 0.2) is 35.1 Å². The van der Waals surface area contributed by atoms with Gasteiger partial charge in [0.25, 0.3) is 5.56 Å². The summed E-state index contributed by atoms with van der Waals surface area (Å²) < 4.78 is 6.15. The first kappa shape index (κ1) is 14.3. The summed E-state index contributed by atoms with van der Waals surface area (Å²) in [6.07, 6.45) is 0. The van der Waals surface area contributed by atoms with Crippen LogP contribution in [0.1, 0.15) is 21.6 Å². The van der Waals surface area contributed by atoms with E-state index in [1.807, 2.05) is 31.2 Å². The maximum atomic E-state index is 12.1. The minimum atomic E-state index is -0.562. The Bertz CT molecular complexity index is 717. The van der Waals surface area contributed by atoms with Crippen LogP contribution in [0.25, 0.3) is 5.69 Å². The third-order valence-electron chi connectivity index (χ3n) is 3.09. The summed E-state index contributed by atoms with van der Waals surface area (Å²) >= 11 is 5.98. The smallest absolute Gasteiger partial charge is 0.341 e. The van der Waals surface area contributed by atoms with E-state index in [1.165, 1.54) is 17.7 Å². The lowest BCUT2D eigenvalue weighted by atomic mass is 10.1. The van der Waals surface area contributed by atoms with E-state index in [9.17, 15) is 9.59 Å². The normalized spacial score (nSPS) is 10.4. The van der Waals surface area contributed by atoms with Crippen molar-refractivity contribution in [2.75, 3.05) is 7.11 Å². The van der Waals surface area contributed by atoms with Crippen LogP contribution in [-0.2, 0) is 4.74 Å². The molecule has 2 rings (SSSR count). The zero-order valence-corrected chi connectivity index (χ0v) is 12.2. The molecule has 0 aliphatic carbocycles. The highest BCUT2D eigenvalue weighted by Gasteiger charge is 2.19. The summed E-state index contributed by atoms with van der Waals surface area (Å²) in [5.41, 5.74) is 2.14. The number of methoxy groups -OCH3 is 1. The Kier molecular flexibility index (Phi) is 3.95. The number of pyridine rings is 1. The highest BCUT2D eigenvalue weighted by atomic mass is 35.5. The number of hydrogen-bond donors (Lipinski definition) is 0. The molecule has 104 valence electrons. The Labute approximate surface area is 121 Å². The van der Waals surface area contributed by atoms with Gasteiger partial charge in [-0.1, -0.05) is 29.3 Å². The van der Waals surface area contributed by atoms with Crippen molar-refractivity contribution in [3.8, 4) is 5.69 Å². The average molecular weight is 292 g/mol. The van der Waals surface area contributed by atoms with Crippen LogP contribution in [0.2, 0.25) is 5.02 Å². The molecule has 0 atom stereocenters. The van der Waals surface area contributed by atoms with Crippen LogP contribution in [0.4, 0.5) is 0 Å². The second kappa shape index (κ2) is 5.51. The molecule has 5 heteroatoms. The van der Waals surface area contributed by atoms with Crippen LogP contribution in [-0.4, -0.2) is 17.6 Å². The van der Waals surface area contributed by atoms with E-state index in [4.69, 9.17) is 16.3 Å². The predicted octanol–water partition coefficient (Wildman–Crippen LogP) is 2.89. The number of rotatable bonds is 2. The molecule has 0 bridgehead atoms. The molecule has 0 aliphatic rings. The van der Waals surface area contributed by atoms with Crippen molar-refractivity contribution in [3.05, 3.63) is 62.5 Å². The zero-order chi connectivity index (χ0) is 14.9. The van der Waals surface area contributed by atoms with Gasteiger partial charge >= 0.3 is 5.97 Å². The van der Waals surface area contributed by atoms with Crippen LogP contribution < -0.4 is 5.56 Å². The van der Waals surface area contributed by atoms with Crippen molar-refractivity contribution >= 4 is 17.6 Å². The SMILES string of the molecule is COC(=O)c1c(Cl)cc(=O)n(-c2ccc(C)cc2)c1C. The molecule has 0 N–H and O–H groups in total. The maximum absolute atomic E-state index is 12.1. The van der Waals surface area contributed by atoms with Gasteiger partial charge in [-0.2, -0.15) is 0 Å². The number of nitrogens with zero attached hydrogens (tertiary/aromatic N) is 1. The van der Waals surface area contributed by atoms with Crippen LogP contribution in [0.5, 0.6) is 0 Å². The molecule has 0 aliphatic heterocycles. The first-order chi connectivity index (χ1) is 9.45. The maximum Gasteiger partial charge on any atom is 0.341 e. The van der Waals surface area contributed by atoms with Gasteiger partial charge in [0.05, 0.1) is 17.7 Å². The standard InChI is InChI=1S/C15H14ClNO3/c1-9-4-6-11(7-5-9)17-10(2)14(15(19)20-3)12(16)8-13(17)18/h4-8H,1-3H3. The molecule has 1 aromatic carbocycles. The van der Waals surface area contributed by atoms with Crippen LogP contribution >= 0.6 is 11.6 Å². The van der Waals surface area contributed by atoms with E-state index in [0.717, 1.165) is 5.56 Å². The Morgan fingerprint density at radius 1 is 1.20 bits per heavy atom. The molecule has 1 heterocycles. The van der Waals surface area contributed by atoms with Gasteiger partial charge in [0.2, 0.25) is 0 Å². The van der Waals surface area contributed by atoms with Gasteiger partial charge in [0, 0.05) is 17.4 Å². The lowest BCUT2D eigenvalue weighted by Crippen LogP contribution is -2.23. The van der Waals surface area contributed by atoms with Crippen molar-refractivity contribution in [2.24, 2.45) is 0 Å². The van der Waals surface area contributed by atoms with Crippen molar-refractivity contribution in [1.29, 1.82) is 0 Å². The zero-order valence-electron chi connectivity index (χ0n) is 11.4. The van der Waals surface area contributed by atoms with Gasteiger partial charge in [-0.15, -0.1) is 0 Å². The molecule has 20 heavy (non-hydrogen) atoms. The minimum Gasteiger partial charge on any atom is -0.465 e. The third kappa shape index (κ3) is 2.47. The highest BCUT2D eigenvalue weighted by molar-refractivity contribution is 6.33. The summed E-state index contributed by atoms with van der Waals surface area (Å²) in [7, 11) is 1.28. The Morgan fingerprint density at radius 3 is 2.35 bits per heavy atom. The number of hydrogen-bond acceptors (Lipinski definition) is 3. The van der Waals surface area contributed by atoms with Gasteiger partial charge in [-0.25, -0.2) is 4.79 Å². The fourth-order valence-electron chi connectivity index (χ4n) is 2.06. The molecule has 0 spiro atoms. The van der Waals surface area contributed by atoms with Crippen molar-refractivity contribution < 1.29 is 9.53 Å². The first-order valence-corrected chi connectivity index (χ1v) is 6.41. The molecule has 2 aromatic rings. The van der Waals surface area contributed by atoms with Crippen LogP contribution in [0.3, 0.4) is 0 Å². The molecule has 0 radical (unpaired) electrons. The fraction of sp³-hybridized carbons (Fsp3) is 0.200. The van der Waals surface area contributed by atoms with Crippen LogP contribution in [0, 0.1) is 13.8 Å². The largest absolute Gasteiger partial charge is 0.465 e. The van der Waals surface area contributed by atoms with Gasteiger partial charge in [0.15, 0.2) is 0 Å². The summed E-state index contributed by atoms with van der Waals surface area (Å²) in [5, 5.41) is 0.0997. The van der Waals surface area contributed by atoms with Gasteiger partial charge in [-0.3, -0.25) is 9.36 Å². The predicted molar refractivity (Wildman–Crippen MR) is 77.9 cm³/mol. The monoisotopic (exact) mass is 291 g/mol. The van der Waals surface area contributed by atoms with E-state index in [2.05, 4.69) is 0 Å². The molecular weight excluding hydrogens is 278 g/mol. The molecule has 4 nitrogen and oxygen atoms in total. The third-order valence-corrected chi connectivity index (χ3v) is 3.39. The topological polar surface area (TPSA) is 48.3 Å². The Hall–Kier alpha value is -2.07. The number of ether oxygens (including phenoxy) is 1. The molecule has 0 fully saturated rings. The Balaban J connectivity index is 2.74. The lowest BCUT2D eigenvalue weighted by Gasteiger charge is -2.14. The minimum absolute atomic E-state index is 0.0997. The summed E-state index contributed by atoms with van der Waals surface area (Å²) in [6, 6.07) is 8.65. The van der Waals surface area contributed by atoms with Gasteiger partial charge in [0.1, 0.15) is 0 Å². The average Bonchev–Trinajstić information content (AvgIpc) is 2.40. The molecular formula is C15H14ClNO3. The summed E-state index contributed by atoms with van der Waals surface area (Å²) in [4.78, 5) is 23.9. The molecule has 0 saturated heterocycles. The lowest BCUT2D eigenvalue weighted by molar-refractivity contribution is 0.0599. The second-order valence-electron chi connectivity index (χ2n) is 4.45. The molecule has 0 amide bonds. The summed E-state index contributed by atoms with van der Waals surface area (Å²) in [6.45, 7) is 3.63. The molecule has 1 aromatic heterocycles. The number of halogens is 1. The number of esters is 1. The van der Waals surface area contributed by atoms with E-state index < -0.39 is 5.97 Å². The fourth-order valence-corrected chi connectivity index (χ4v) is 2.36. The summed E-state index contributed by atoms with van der Waals surface area (Å²) in [5.74, 6) is -0.562. The number of aryl methyl sites for hydroxylation is 1. The number of carbonyl (C=O) groups excluding carboxylic acids is 1.